The number of halogens is 2. The summed E-state index contributed by atoms with van der Waals surface area (Å²) in [6.45, 7) is 0.464. The molecule has 2 aromatic rings. The van der Waals surface area contributed by atoms with Gasteiger partial charge in [-0.05, 0) is 17.7 Å². The quantitative estimate of drug-likeness (QED) is 0.895. The summed E-state index contributed by atoms with van der Waals surface area (Å²) < 4.78 is 0. The molecule has 15 heavy (non-hydrogen) atoms. The van der Waals surface area contributed by atoms with E-state index in [9.17, 15) is 0 Å². The zero-order valence-electron chi connectivity index (χ0n) is 7.71. The van der Waals surface area contributed by atoms with Crippen molar-refractivity contribution in [3.63, 3.8) is 0 Å². The van der Waals surface area contributed by atoms with Crippen LogP contribution in [0.3, 0.4) is 0 Å². The third-order valence-electron chi connectivity index (χ3n) is 1.93. The lowest BCUT2D eigenvalue weighted by Gasteiger charge is -1.99. The summed E-state index contributed by atoms with van der Waals surface area (Å²) in [5.41, 5.74) is 6.51. The van der Waals surface area contributed by atoms with Crippen LogP contribution in [0.15, 0.2) is 24.4 Å². The fourth-order valence-corrected chi connectivity index (χ4v) is 2.28. The highest BCUT2D eigenvalue weighted by Gasteiger charge is 2.05. The molecule has 0 bridgehead atoms. The summed E-state index contributed by atoms with van der Waals surface area (Å²) in [4.78, 5) is 5.23. The number of rotatable bonds is 2. The van der Waals surface area contributed by atoms with Crippen molar-refractivity contribution in [1.29, 1.82) is 0 Å². The Hall–Kier alpha value is -0.610. The first-order chi connectivity index (χ1) is 7.20. The molecule has 0 radical (unpaired) electrons. The van der Waals surface area contributed by atoms with Crippen LogP contribution in [0, 0.1) is 0 Å². The Balaban J connectivity index is 2.40. The minimum atomic E-state index is 0.464. The zero-order chi connectivity index (χ0) is 10.8. The molecule has 2 nitrogen and oxygen atoms in total. The zero-order valence-corrected chi connectivity index (χ0v) is 10.0. The molecule has 5 heteroatoms. The van der Waals surface area contributed by atoms with E-state index in [0.717, 1.165) is 15.4 Å². The molecule has 0 saturated carbocycles. The third kappa shape index (κ3) is 2.32. The Morgan fingerprint density at radius 1 is 1.27 bits per heavy atom. The number of nitrogens with zero attached hydrogens (tertiary/aromatic N) is 1. The molecule has 0 amide bonds. The summed E-state index contributed by atoms with van der Waals surface area (Å²) in [6.07, 6.45) is 1.80. The van der Waals surface area contributed by atoms with Crippen molar-refractivity contribution in [3.05, 3.63) is 39.4 Å². The Morgan fingerprint density at radius 2 is 2.07 bits per heavy atom. The van der Waals surface area contributed by atoms with Crippen LogP contribution in [0.4, 0.5) is 0 Å². The molecular formula is C10H8Cl2N2S. The highest BCUT2D eigenvalue weighted by atomic mass is 35.5. The van der Waals surface area contributed by atoms with Gasteiger partial charge in [-0.2, -0.15) is 0 Å². The first-order valence-corrected chi connectivity index (χ1v) is 5.88. The van der Waals surface area contributed by atoms with E-state index in [4.69, 9.17) is 28.9 Å². The van der Waals surface area contributed by atoms with Gasteiger partial charge in [0.2, 0.25) is 0 Å². The molecular weight excluding hydrogens is 251 g/mol. The van der Waals surface area contributed by atoms with Crippen molar-refractivity contribution in [2.24, 2.45) is 5.73 Å². The molecule has 1 heterocycles. The van der Waals surface area contributed by atoms with E-state index in [2.05, 4.69) is 4.98 Å². The predicted molar refractivity (Wildman–Crippen MR) is 65.5 cm³/mol. The number of benzene rings is 1. The van der Waals surface area contributed by atoms with E-state index in [0.29, 0.717) is 16.6 Å². The number of hydrogen-bond acceptors (Lipinski definition) is 3. The van der Waals surface area contributed by atoms with Crippen LogP contribution in [0.1, 0.15) is 5.01 Å². The summed E-state index contributed by atoms with van der Waals surface area (Å²) in [6, 6.07) is 5.53. The summed E-state index contributed by atoms with van der Waals surface area (Å²) >= 11 is 13.3. The van der Waals surface area contributed by atoms with Gasteiger partial charge in [-0.25, -0.2) is 4.98 Å². The van der Waals surface area contributed by atoms with Gasteiger partial charge in [-0.15, -0.1) is 11.3 Å². The maximum absolute atomic E-state index is 5.93. The minimum Gasteiger partial charge on any atom is -0.325 e. The molecule has 2 rings (SSSR count). The van der Waals surface area contributed by atoms with Crippen LogP contribution >= 0.6 is 34.5 Å². The molecule has 0 aliphatic rings. The predicted octanol–water partition coefficient (Wildman–Crippen LogP) is 3.58. The number of nitrogens with two attached hydrogens (primary N) is 1. The van der Waals surface area contributed by atoms with Crippen molar-refractivity contribution < 1.29 is 0 Å². The average Bonchev–Trinajstić information content (AvgIpc) is 2.70. The molecule has 2 N–H and O–H groups in total. The lowest BCUT2D eigenvalue weighted by molar-refractivity contribution is 1.04. The fraction of sp³-hybridized carbons (Fsp3) is 0.100. The average molecular weight is 259 g/mol. The second kappa shape index (κ2) is 4.49. The van der Waals surface area contributed by atoms with Crippen molar-refractivity contribution in [2.75, 3.05) is 0 Å². The number of aromatic nitrogens is 1. The van der Waals surface area contributed by atoms with Crippen LogP contribution in [0.2, 0.25) is 10.0 Å². The van der Waals surface area contributed by atoms with Crippen LogP contribution in [-0.2, 0) is 6.54 Å². The van der Waals surface area contributed by atoms with Gasteiger partial charge in [0, 0.05) is 12.7 Å². The van der Waals surface area contributed by atoms with Gasteiger partial charge >= 0.3 is 0 Å². The van der Waals surface area contributed by atoms with Crippen molar-refractivity contribution in [3.8, 4) is 10.4 Å². The summed E-state index contributed by atoms with van der Waals surface area (Å²) in [5.74, 6) is 0. The Labute approximate surface area is 102 Å². The van der Waals surface area contributed by atoms with E-state index in [1.165, 1.54) is 0 Å². The first kappa shape index (κ1) is 10.9. The van der Waals surface area contributed by atoms with E-state index in [1.54, 1.807) is 23.6 Å². The SMILES string of the molecule is NCc1ncc(-c2ccc(Cl)c(Cl)c2)s1. The van der Waals surface area contributed by atoms with E-state index in [-0.39, 0.29) is 0 Å². The molecule has 78 valence electrons. The summed E-state index contributed by atoms with van der Waals surface area (Å²) in [7, 11) is 0. The van der Waals surface area contributed by atoms with Gasteiger partial charge < -0.3 is 5.73 Å². The molecule has 0 spiro atoms. The lowest BCUT2D eigenvalue weighted by atomic mass is 10.2. The van der Waals surface area contributed by atoms with Crippen molar-refractivity contribution in [1.82, 2.24) is 4.98 Å². The van der Waals surface area contributed by atoms with Gasteiger partial charge in [0.1, 0.15) is 5.01 Å². The van der Waals surface area contributed by atoms with E-state index in [1.807, 2.05) is 12.1 Å². The van der Waals surface area contributed by atoms with Crippen LogP contribution < -0.4 is 5.73 Å². The smallest absolute Gasteiger partial charge is 0.107 e. The van der Waals surface area contributed by atoms with E-state index < -0.39 is 0 Å². The Kier molecular flexibility index (Phi) is 3.26. The van der Waals surface area contributed by atoms with E-state index >= 15 is 0 Å². The topological polar surface area (TPSA) is 38.9 Å². The van der Waals surface area contributed by atoms with Gasteiger partial charge in [-0.1, -0.05) is 29.3 Å². The monoisotopic (exact) mass is 258 g/mol. The summed E-state index contributed by atoms with van der Waals surface area (Å²) in [5, 5.41) is 2.02. The van der Waals surface area contributed by atoms with Gasteiger partial charge in [0.25, 0.3) is 0 Å². The highest BCUT2D eigenvalue weighted by Crippen LogP contribution is 2.31. The van der Waals surface area contributed by atoms with Crippen LogP contribution in [0.5, 0.6) is 0 Å². The number of hydrogen-bond donors (Lipinski definition) is 1. The molecule has 0 atom stereocenters. The molecule has 0 unspecified atom stereocenters. The highest BCUT2D eigenvalue weighted by molar-refractivity contribution is 7.15. The third-order valence-corrected chi connectivity index (χ3v) is 3.74. The van der Waals surface area contributed by atoms with Gasteiger partial charge in [-0.3, -0.25) is 0 Å². The first-order valence-electron chi connectivity index (χ1n) is 4.31. The molecule has 0 aliphatic heterocycles. The maximum atomic E-state index is 5.93. The molecule has 1 aromatic carbocycles. The van der Waals surface area contributed by atoms with Gasteiger partial charge in [0.15, 0.2) is 0 Å². The lowest BCUT2D eigenvalue weighted by Crippen LogP contribution is -1.93. The van der Waals surface area contributed by atoms with Gasteiger partial charge in [0.05, 0.1) is 14.9 Å². The maximum Gasteiger partial charge on any atom is 0.107 e. The molecule has 0 aliphatic carbocycles. The Morgan fingerprint density at radius 3 is 2.67 bits per heavy atom. The normalized spacial score (nSPS) is 10.6. The van der Waals surface area contributed by atoms with Crippen LogP contribution in [0.25, 0.3) is 10.4 Å². The fourth-order valence-electron chi connectivity index (χ4n) is 1.19. The molecule has 1 aromatic heterocycles. The standard InChI is InChI=1S/C10H8Cl2N2S/c11-7-2-1-6(3-8(7)12)9-5-14-10(4-13)15-9/h1-3,5H,4,13H2. The second-order valence-corrected chi connectivity index (χ2v) is 4.88. The molecule has 0 saturated heterocycles. The molecule has 0 fully saturated rings. The largest absolute Gasteiger partial charge is 0.325 e. The van der Waals surface area contributed by atoms with Crippen molar-refractivity contribution in [2.45, 2.75) is 6.54 Å². The minimum absolute atomic E-state index is 0.464. The second-order valence-electron chi connectivity index (χ2n) is 2.95. The Bertz CT molecular complexity index is 482. The van der Waals surface area contributed by atoms with Crippen LogP contribution in [-0.4, -0.2) is 4.98 Å². The van der Waals surface area contributed by atoms with Crippen molar-refractivity contribution >= 4 is 34.5 Å². The number of thiazole rings is 1.